The molecule has 2 atom stereocenters. The molecule has 1 heterocycles. The van der Waals surface area contributed by atoms with E-state index in [0.29, 0.717) is 6.54 Å². The maximum atomic E-state index is 12.4. The van der Waals surface area contributed by atoms with Gasteiger partial charge in [-0.05, 0) is 20.0 Å². The summed E-state index contributed by atoms with van der Waals surface area (Å²) in [6, 6.07) is -0.226. The molecule has 0 radical (unpaired) electrons. The number of rotatable bonds is 0. The van der Waals surface area contributed by atoms with Crippen LogP contribution in [0, 0.1) is 0 Å². The van der Waals surface area contributed by atoms with Gasteiger partial charge in [0.2, 0.25) is 0 Å². The number of alkyl halides is 1. The van der Waals surface area contributed by atoms with Crippen molar-refractivity contribution in [3.05, 3.63) is 0 Å². The molecule has 1 saturated heterocycles. The van der Waals surface area contributed by atoms with Crippen LogP contribution in [0.1, 0.15) is 6.42 Å². The SMILES string of the molecule is CN.NC1CCNCC1F. The highest BCUT2D eigenvalue weighted by Crippen LogP contribution is 2.03. The van der Waals surface area contributed by atoms with E-state index in [-0.39, 0.29) is 6.04 Å². The lowest BCUT2D eigenvalue weighted by atomic mass is 10.1. The molecule has 4 heteroatoms. The van der Waals surface area contributed by atoms with E-state index in [0.717, 1.165) is 13.0 Å². The van der Waals surface area contributed by atoms with Crippen molar-refractivity contribution in [2.75, 3.05) is 20.1 Å². The standard InChI is InChI=1S/C5H11FN2.CH5N/c6-4-3-8-2-1-5(4)7;1-2/h4-5,8H,1-3,7H2;2H2,1H3. The number of nitrogens with two attached hydrogens (primary N) is 2. The maximum Gasteiger partial charge on any atom is 0.128 e. The minimum absolute atomic E-state index is 0.226. The summed E-state index contributed by atoms with van der Waals surface area (Å²) in [7, 11) is 1.50. The summed E-state index contributed by atoms with van der Waals surface area (Å²) in [6.07, 6.45) is -0.0648. The Bertz CT molecular complexity index is 69.4. The molecule has 1 rings (SSSR count). The number of hydrogen-bond acceptors (Lipinski definition) is 3. The molecule has 1 fully saturated rings. The van der Waals surface area contributed by atoms with E-state index in [1.165, 1.54) is 7.05 Å². The zero-order valence-electron chi connectivity index (χ0n) is 6.31. The molecule has 62 valence electrons. The van der Waals surface area contributed by atoms with Crippen LogP contribution >= 0.6 is 0 Å². The minimum Gasteiger partial charge on any atom is -0.333 e. The van der Waals surface area contributed by atoms with Gasteiger partial charge in [0.15, 0.2) is 0 Å². The number of nitrogens with one attached hydrogen (secondary N) is 1. The number of hydrogen-bond donors (Lipinski definition) is 3. The van der Waals surface area contributed by atoms with Gasteiger partial charge in [-0.2, -0.15) is 0 Å². The second-order valence-corrected chi connectivity index (χ2v) is 2.17. The van der Waals surface area contributed by atoms with Crippen LogP contribution in [-0.4, -0.2) is 32.4 Å². The molecular weight excluding hydrogens is 133 g/mol. The average Bonchev–Trinajstić information content (AvgIpc) is 2.00. The third-order valence-electron chi connectivity index (χ3n) is 1.46. The fraction of sp³-hybridized carbons (Fsp3) is 1.00. The quantitative estimate of drug-likeness (QED) is 0.423. The van der Waals surface area contributed by atoms with E-state index in [2.05, 4.69) is 11.1 Å². The summed E-state index contributed by atoms with van der Waals surface area (Å²) in [5.74, 6) is 0. The Morgan fingerprint density at radius 2 is 2.10 bits per heavy atom. The van der Waals surface area contributed by atoms with Crippen molar-refractivity contribution < 1.29 is 4.39 Å². The molecule has 2 unspecified atom stereocenters. The Morgan fingerprint density at radius 3 is 2.40 bits per heavy atom. The molecule has 5 N–H and O–H groups in total. The van der Waals surface area contributed by atoms with Gasteiger partial charge >= 0.3 is 0 Å². The third kappa shape index (κ3) is 3.10. The van der Waals surface area contributed by atoms with Crippen LogP contribution in [0.2, 0.25) is 0 Å². The average molecular weight is 149 g/mol. The molecule has 0 bridgehead atoms. The van der Waals surface area contributed by atoms with E-state index < -0.39 is 6.17 Å². The largest absolute Gasteiger partial charge is 0.333 e. The van der Waals surface area contributed by atoms with Gasteiger partial charge in [0.1, 0.15) is 6.17 Å². The molecule has 0 aromatic carbocycles. The normalized spacial score (nSPS) is 32.4. The van der Waals surface area contributed by atoms with Crippen molar-refractivity contribution in [2.45, 2.75) is 18.6 Å². The molecule has 0 aliphatic carbocycles. The number of halogens is 1. The summed E-state index contributed by atoms with van der Waals surface area (Å²) in [4.78, 5) is 0. The van der Waals surface area contributed by atoms with E-state index >= 15 is 0 Å². The van der Waals surface area contributed by atoms with Gasteiger partial charge in [-0.3, -0.25) is 0 Å². The van der Waals surface area contributed by atoms with Crippen molar-refractivity contribution in [3.63, 3.8) is 0 Å². The van der Waals surface area contributed by atoms with Crippen molar-refractivity contribution in [3.8, 4) is 0 Å². The second kappa shape index (κ2) is 5.58. The summed E-state index contributed by atoms with van der Waals surface area (Å²) >= 11 is 0. The fourth-order valence-corrected chi connectivity index (χ4v) is 0.841. The molecule has 0 saturated carbocycles. The number of piperidine rings is 1. The molecule has 3 nitrogen and oxygen atoms in total. The van der Waals surface area contributed by atoms with Gasteiger partial charge in [-0.25, -0.2) is 4.39 Å². The Hall–Kier alpha value is -0.190. The third-order valence-corrected chi connectivity index (χ3v) is 1.46. The second-order valence-electron chi connectivity index (χ2n) is 2.17. The molecule has 1 aliphatic heterocycles. The van der Waals surface area contributed by atoms with Crippen LogP contribution < -0.4 is 16.8 Å². The Labute approximate surface area is 61.0 Å². The van der Waals surface area contributed by atoms with Gasteiger partial charge in [0, 0.05) is 12.6 Å². The molecule has 10 heavy (non-hydrogen) atoms. The van der Waals surface area contributed by atoms with Crippen molar-refractivity contribution in [2.24, 2.45) is 11.5 Å². The monoisotopic (exact) mass is 149 g/mol. The lowest BCUT2D eigenvalue weighted by Gasteiger charge is -2.22. The molecular formula is C6H16FN3. The molecule has 0 spiro atoms. The van der Waals surface area contributed by atoms with E-state index in [9.17, 15) is 4.39 Å². The van der Waals surface area contributed by atoms with Gasteiger partial charge in [0.25, 0.3) is 0 Å². The van der Waals surface area contributed by atoms with Crippen LogP contribution in [0.25, 0.3) is 0 Å². The predicted molar refractivity (Wildman–Crippen MR) is 40.5 cm³/mol. The topological polar surface area (TPSA) is 64.1 Å². The van der Waals surface area contributed by atoms with Crippen molar-refractivity contribution in [1.29, 1.82) is 0 Å². The van der Waals surface area contributed by atoms with Gasteiger partial charge in [-0.1, -0.05) is 0 Å². The highest BCUT2D eigenvalue weighted by atomic mass is 19.1. The van der Waals surface area contributed by atoms with Crippen LogP contribution in [0.15, 0.2) is 0 Å². The minimum atomic E-state index is -0.830. The lowest BCUT2D eigenvalue weighted by Crippen LogP contribution is -2.46. The smallest absolute Gasteiger partial charge is 0.128 e. The highest BCUT2D eigenvalue weighted by Gasteiger charge is 2.19. The zero-order chi connectivity index (χ0) is 7.98. The fourth-order valence-electron chi connectivity index (χ4n) is 0.841. The Kier molecular flexibility index (Phi) is 5.48. The van der Waals surface area contributed by atoms with Gasteiger partial charge in [0.05, 0.1) is 0 Å². The van der Waals surface area contributed by atoms with E-state index in [1.807, 2.05) is 0 Å². The molecule has 0 amide bonds. The first-order valence-corrected chi connectivity index (χ1v) is 3.49. The molecule has 0 aromatic rings. The molecule has 1 aliphatic rings. The highest BCUT2D eigenvalue weighted by molar-refractivity contribution is 4.79. The lowest BCUT2D eigenvalue weighted by molar-refractivity contribution is 0.233. The first kappa shape index (κ1) is 9.81. The maximum absolute atomic E-state index is 12.4. The summed E-state index contributed by atoms with van der Waals surface area (Å²) in [6.45, 7) is 1.29. The van der Waals surface area contributed by atoms with E-state index in [1.54, 1.807) is 0 Å². The van der Waals surface area contributed by atoms with Gasteiger partial charge in [-0.15, -0.1) is 0 Å². The summed E-state index contributed by atoms with van der Waals surface area (Å²) < 4.78 is 12.4. The van der Waals surface area contributed by atoms with Crippen LogP contribution in [0.3, 0.4) is 0 Å². The first-order chi connectivity index (χ1) is 4.80. The first-order valence-electron chi connectivity index (χ1n) is 3.49. The van der Waals surface area contributed by atoms with Crippen LogP contribution in [-0.2, 0) is 0 Å². The zero-order valence-corrected chi connectivity index (χ0v) is 6.31. The van der Waals surface area contributed by atoms with Crippen molar-refractivity contribution in [1.82, 2.24) is 5.32 Å². The molecule has 0 aromatic heterocycles. The summed E-state index contributed by atoms with van der Waals surface area (Å²) in [5, 5.41) is 2.91. The Morgan fingerprint density at radius 1 is 1.50 bits per heavy atom. The Balaban J connectivity index is 0.000000371. The van der Waals surface area contributed by atoms with E-state index in [4.69, 9.17) is 5.73 Å². The van der Waals surface area contributed by atoms with Crippen LogP contribution in [0.4, 0.5) is 4.39 Å². The predicted octanol–water partition coefficient (Wildman–Crippen LogP) is -0.780. The van der Waals surface area contributed by atoms with Crippen LogP contribution in [0.5, 0.6) is 0 Å². The summed E-state index contributed by atoms with van der Waals surface area (Å²) in [5.41, 5.74) is 9.86. The van der Waals surface area contributed by atoms with Crippen molar-refractivity contribution >= 4 is 0 Å². The van der Waals surface area contributed by atoms with Gasteiger partial charge < -0.3 is 16.8 Å².